The minimum absolute atomic E-state index is 0.0697. The molecule has 0 bridgehead atoms. The lowest BCUT2D eigenvalue weighted by Crippen LogP contribution is -2.53. The van der Waals surface area contributed by atoms with Gasteiger partial charge >= 0.3 is 0 Å². The molecule has 1 aliphatic heterocycles. The summed E-state index contributed by atoms with van der Waals surface area (Å²) in [5.41, 5.74) is 0. The molecule has 0 aliphatic carbocycles. The van der Waals surface area contributed by atoms with Gasteiger partial charge in [0.15, 0.2) is 0 Å². The molecule has 0 aromatic heterocycles. The molecule has 1 atom stereocenters. The van der Waals surface area contributed by atoms with Gasteiger partial charge in [0.1, 0.15) is 0 Å². The van der Waals surface area contributed by atoms with E-state index in [9.17, 15) is 4.79 Å². The minimum Gasteiger partial charge on any atom is -0.351 e. The Labute approximate surface area is 66.9 Å². The highest BCUT2D eigenvalue weighted by Gasteiger charge is 2.23. The van der Waals surface area contributed by atoms with Crippen molar-refractivity contribution in [2.75, 3.05) is 13.1 Å². The summed E-state index contributed by atoms with van der Waals surface area (Å²) in [6, 6.07) is 0.0697. The van der Waals surface area contributed by atoms with Crippen LogP contribution in [0.15, 0.2) is 12.2 Å². The van der Waals surface area contributed by atoms with Gasteiger partial charge in [-0.3, -0.25) is 4.79 Å². The van der Waals surface area contributed by atoms with Gasteiger partial charge in [0.05, 0.1) is 6.04 Å². The highest BCUT2D eigenvalue weighted by atomic mass is 16.2. The van der Waals surface area contributed by atoms with E-state index in [4.69, 9.17) is 0 Å². The molecule has 1 fully saturated rings. The molecule has 1 unspecified atom stereocenters. The Balaban J connectivity index is 2.10. The minimum atomic E-state index is 0.0697. The molecule has 3 nitrogen and oxygen atoms in total. The third-order valence-electron chi connectivity index (χ3n) is 1.77. The topological polar surface area (TPSA) is 41.1 Å². The Morgan fingerprint density at radius 2 is 2.55 bits per heavy atom. The quantitative estimate of drug-likeness (QED) is 0.563. The normalized spacial score (nSPS) is 23.2. The lowest BCUT2D eigenvalue weighted by Gasteiger charge is -2.25. The van der Waals surface area contributed by atoms with Crippen molar-refractivity contribution in [3.8, 4) is 0 Å². The predicted octanol–water partition coefficient (Wildman–Crippen LogP) is 0.0406. The zero-order valence-corrected chi connectivity index (χ0v) is 6.76. The molecule has 0 spiro atoms. The van der Waals surface area contributed by atoms with E-state index in [1.807, 2.05) is 19.1 Å². The largest absolute Gasteiger partial charge is 0.351 e. The lowest BCUT2D eigenvalue weighted by molar-refractivity contribution is -0.124. The van der Waals surface area contributed by atoms with Crippen molar-refractivity contribution >= 4 is 5.91 Å². The molecule has 1 rings (SSSR count). The van der Waals surface area contributed by atoms with Crippen molar-refractivity contribution in [2.24, 2.45) is 0 Å². The number of hydrogen-bond acceptors (Lipinski definition) is 2. The second-order valence-corrected chi connectivity index (χ2v) is 2.61. The van der Waals surface area contributed by atoms with Crippen molar-refractivity contribution in [3.05, 3.63) is 12.2 Å². The van der Waals surface area contributed by atoms with Crippen LogP contribution in [-0.4, -0.2) is 25.0 Å². The Hall–Kier alpha value is -0.830. The van der Waals surface area contributed by atoms with E-state index < -0.39 is 0 Å². The van der Waals surface area contributed by atoms with E-state index in [1.165, 1.54) is 0 Å². The number of carbonyl (C=O) groups is 1. The van der Waals surface area contributed by atoms with E-state index in [-0.39, 0.29) is 11.9 Å². The van der Waals surface area contributed by atoms with Gasteiger partial charge in [-0.15, -0.1) is 0 Å². The van der Waals surface area contributed by atoms with Crippen LogP contribution >= 0.6 is 0 Å². The van der Waals surface area contributed by atoms with Crippen LogP contribution in [0.3, 0.4) is 0 Å². The van der Waals surface area contributed by atoms with Gasteiger partial charge in [0.25, 0.3) is 0 Å². The van der Waals surface area contributed by atoms with E-state index in [1.54, 1.807) is 0 Å². The summed E-state index contributed by atoms with van der Waals surface area (Å²) in [5.74, 6) is 0.120. The molecule has 3 heteroatoms. The second kappa shape index (κ2) is 4.13. The number of hydrogen-bond donors (Lipinski definition) is 2. The van der Waals surface area contributed by atoms with Crippen molar-refractivity contribution in [1.29, 1.82) is 0 Å². The maximum absolute atomic E-state index is 11.1. The Kier molecular flexibility index (Phi) is 3.11. The van der Waals surface area contributed by atoms with Crippen LogP contribution < -0.4 is 10.6 Å². The monoisotopic (exact) mass is 154 g/mol. The molecule has 1 aliphatic rings. The Morgan fingerprint density at radius 1 is 1.82 bits per heavy atom. The van der Waals surface area contributed by atoms with Gasteiger partial charge in [0.2, 0.25) is 5.91 Å². The first-order valence-electron chi connectivity index (χ1n) is 3.97. The molecule has 1 amide bonds. The Bertz CT molecular complexity index is 161. The third-order valence-corrected chi connectivity index (χ3v) is 1.77. The standard InChI is InChI=1S/C8H14N2O/c1-2-3-5-10-8(11)7-4-6-9-7/h2-3,7,9H,4-6H2,1H3,(H,10,11)/b3-2+. The average molecular weight is 154 g/mol. The van der Waals surface area contributed by atoms with E-state index in [2.05, 4.69) is 10.6 Å². The van der Waals surface area contributed by atoms with Crippen LogP contribution in [0.1, 0.15) is 13.3 Å². The maximum atomic E-state index is 11.1. The van der Waals surface area contributed by atoms with Crippen LogP contribution in [0.4, 0.5) is 0 Å². The molecular formula is C8H14N2O. The molecule has 0 saturated carbocycles. The van der Waals surface area contributed by atoms with Crippen LogP contribution in [0.2, 0.25) is 0 Å². The summed E-state index contributed by atoms with van der Waals surface area (Å²) in [4.78, 5) is 11.1. The fourth-order valence-corrected chi connectivity index (χ4v) is 0.913. The zero-order valence-electron chi connectivity index (χ0n) is 6.76. The van der Waals surface area contributed by atoms with Crippen molar-refractivity contribution < 1.29 is 4.79 Å². The SMILES string of the molecule is C/C=C/CNC(=O)C1CCN1. The smallest absolute Gasteiger partial charge is 0.237 e. The molecule has 0 aromatic rings. The van der Waals surface area contributed by atoms with Crippen molar-refractivity contribution in [1.82, 2.24) is 10.6 Å². The van der Waals surface area contributed by atoms with Crippen molar-refractivity contribution in [2.45, 2.75) is 19.4 Å². The third kappa shape index (κ3) is 2.35. The first kappa shape index (κ1) is 8.27. The van der Waals surface area contributed by atoms with Gasteiger partial charge in [-0.2, -0.15) is 0 Å². The molecule has 1 saturated heterocycles. The number of carbonyl (C=O) groups excluding carboxylic acids is 1. The van der Waals surface area contributed by atoms with E-state index >= 15 is 0 Å². The first-order chi connectivity index (χ1) is 5.34. The molecule has 62 valence electrons. The molecule has 11 heavy (non-hydrogen) atoms. The summed E-state index contributed by atoms with van der Waals surface area (Å²) in [7, 11) is 0. The number of nitrogens with one attached hydrogen (secondary N) is 2. The predicted molar refractivity (Wildman–Crippen MR) is 44.2 cm³/mol. The summed E-state index contributed by atoms with van der Waals surface area (Å²) in [6.07, 6.45) is 4.83. The fraction of sp³-hybridized carbons (Fsp3) is 0.625. The summed E-state index contributed by atoms with van der Waals surface area (Å²) in [6.45, 7) is 3.56. The first-order valence-corrected chi connectivity index (χ1v) is 3.97. The molecule has 0 aromatic carbocycles. The van der Waals surface area contributed by atoms with Gasteiger partial charge in [-0.25, -0.2) is 0 Å². The van der Waals surface area contributed by atoms with Crippen molar-refractivity contribution in [3.63, 3.8) is 0 Å². The van der Waals surface area contributed by atoms with Crippen LogP contribution in [-0.2, 0) is 4.79 Å². The van der Waals surface area contributed by atoms with Gasteiger partial charge in [0, 0.05) is 6.54 Å². The highest BCUT2D eigenvalue weighted by molar-refractivity contribution is 5.82. The number of allylic oxidation sites excluding steroid dienone is 1. The number of amides is 1. The van der Waals surface area contributed by atoms with Crippen LogP contribution in [0, 0.1) is 0 Å². The lowest BCUT2D eigenvalue weighted by atomic mass is 10.1. The highest BCUT2D eigenvalue weighted by Crippen LogP contribution is 2.00. The summed E-state index contributed by atoms with van der Waals surface area (Å²) in [5, 5.41) is 5.83. The molecular weight excluding hydrogens is 140 g/mol. The second-order valence-electron chi connectivity index (χ2n) is 2.61. The molecule has 2 N–H and O–H groups in total. The maximum Gasteiger partial charge on any atom is 0.237 e. The molecule has 0 radical (unpaired) electrons. The zero-order chi connectivity index (χ0) is 8.10. The molecule has 1 heterocycles. The van der Waals surface area contributed by atoms with Gasteiger partial charge in [-0.05, 0) is 19.9 Å². The Morgan fingerprint density at radius 3 is 3.00 bits per heavy atom. The van der Waals surface area contributed by atoms with E-state index in [0.717, 1.165) is 13.0 Å². The average Bonchev–Trinajstić information content (AvgIpc) is 1.84. The fourth-order valence-electron chi connectivity index (χ4n) is 0.913. The van der Waals surface area contributed by atoms with E-state index in [0.29, 0.717) is 6.54 Å². The van der Waals surface area contributed by atoms with Crippen LogP contribution in [0.5, 0.6) is 0 Å². The van der Waals surface area contributed by atoms with Gasteiger partial charge in [-0.1, -0.05) is 12.2 Å². The van der Waals surface area contributed by atoms with Gasteiger partial charge < -0.3 is 10.6 Å². The van der Waals surface area contributed by atoms with Crippen LogP contribution in [0.25, 0.3) is 0 Å². The summed E-state index contributed by atoms with van der Waals surface area (Å²) >= 11 is 0. The summed E-state index contributed by atoms with van der Waals surface area (Å²) < 4.78 is 0. The number of rotatable bonds is 3.